The van der Waals surface area contributed by atoms with Gasteiger partial charge >= 0.3 is 5.97 Å². The Morgan fingerprint density at radius 1 is 1.42 bits per heavy atom. The number of ether oxygens (including phenoxy) is 1. The Labute approximate surface area is 138 Å². The first-order chi connectivity index (χ1) is 11.4. The molecule has 1 aromatic heterocycles. The molecular weight excluding hydrogens is 315 g/mol. The molecule has 1 heterocycles. The number of nitrogens with zero attached hydrogens (tertiary/aromatic N) is 3. The van der Waals surface area contributed by atoms with Crippen LogP contribution in [0, 0.1) is 5.82 Å². The number of halogens is 1. The summed E-state index contributed by atoms with van der Waals surface area (Å²) >= 11 is 0. The highest BCUT2D eigenvalue weighted by Crippen LogP contribution is 2.18. The van der Waals surface area contributed by atoms with Crippen molar-refractivity contribution in [2.24, 2.45) is 0 Å². The predicted octanol–water partition coefficient (Wildman–Crippen LogP) is 1.87. The average Bonchev–Trinajstić information content (AvgIpc) is 3.08. The third-order valence-electron chi connectivity index (χ3n) is 3.65. The van der Waals surface area contributed by atoms with Crippen LogP contribution in [0.25, 0.3) is 5.69 Å². The van der Waals surface area contributed by atoms with Crippen LogP contribution >= 0.6 is 0 Å². The number of methoxy groups -OCH3 is 1. The number of hydrogen-bond donors (Lipinski definition) is 1. The Kier molecular flexibility index (Phi) is 5.28. The highest BCUT2D eigenvalue weighted by Gasteiger charge is 2.35. The van der Waals surface area contributed by atoms with E-state index in [2.05, 4.69) is 15.4 Å². The first kappa shape index (κ1) is 17.6. The lowest BCUT2D eigenvalue weighted by atomic mass is 9.95. The number of amides is 1. The Bertz CT molecular complexity index is 733. The summed E-state index contributed by atoms with van der Waals surface area (Å²) in [6, 6.07) is 3.98. The Morgan fingerprint density at radius 3 is 2.71 bits per heavy atom. The molecule has 0 fully saturated rings. The van der Waals surface area contributed by atoms with Crippen molar-refractivity contribution in [2.45, 2.75) is 32.2 Å². The minimum Gasteiger partial charge on any atom is -0.467 e. The quantitative estimate of drug-likeness (QED) is 0.815. The number of nitrogens with one attached hydrogen (secondary N) is 1. The smallest absolute Gasteiger partial charge is 0.331 e. The first-order valence-corrected chi connectivity index (χ1v) is 7.46. The summed E-state index contributed by atoms with van der Waals surface area (Å²) in [6.07, 6.45) is 3.72. The van der Waals surface area contributed by atoms with Crippen molar-refractivity contribution in [3.05, 3.63) is 42.2 Å². The molecule has 1 aromatic carbocycles. The van der Waals surface area contributed by atoms with Gasteiger partial charge in [-0.05, 0) is 31.5 Å². The zero-order chi connectivity index (χ0) is 17.7. The maximum absolute atomic E-state index is 14.2. The summed E-state index contributed by atoms with van der Waals surface area (Å²) in [5, 5.41) is 6.47. The number of aromatic nitrogens is 3. The minimum absolute atomic E-state index is 0.0996. The molecule has 1 N–H and O–H groups in total. The van der Waals surface area contributed by atoms with Gasteiger partial charge in [0.15, 0.2) is 0 Å². The highest BCUT2D eigenvalue weighted by atomic mass is 19.1. The summed E-state index contributed by atoms with van der Waals surface area (Å²) in [5.41, 5.74) is -0.891. The van der Waals surface area contributed by atoms with E-state index in [1.807, 2.05) is 6.92 Å². The standard InChI is InChI=1S/C16H19FN4O3/c1-4-7-16(2,15(23)24-3)20-14(22)11-5-6-13(12(17)8-11)21-10-18-9-19-21/h5-6,8-10H,4,7H2,1-3H3,(H,20,22)/t16-/m1/s1. The predicted molar refractivity (Wildman–Crippen MR) is 84.1 cm³/mol. The molecule has 0 bridgehead atoms. The lowest BCUT2D eigenvalue weighted by Crippen LogP contribution is -2.52. The van der Waals surface area contributed by atoms with E-state index in [9.17, 15) is 14.0 Å². The van der Waals surface area contributed by atoms with Crippen LogP contribution in [0.5, 0.6) is 0 Å². The van der Waals surface area contributed by atoms with Gasteiger partial charge in [-0.2, -0.15) is 5.10 Å². The van der Waals surface area contributed by atoms with Crippen LogP contribution in [0.2, 0.25) is 0 Å². The molecule has 24 heavy (non-hydrogen) atoms. The maximum atomic E-state index is 14.2. The number of esters is 1. The van der Waals surface area contributed by atoms with Crippen LogP contribution < -0.4 is 5.32 Å². The fourth-order valence-electron chi connectivity index (χ4n) is 2.43. The molecule has 2 aromatic rings. The van der Waals surface area contributed by atoms with Gasteiger partial charge in [0.05, 0.1) is 7.11 Å². The molecule has 0 aliphatic rings. The molecule has 8 heteroatoms. The van der Waals surface area contributed by atoms with Gasteiger partial charge in [0.25, 0.3) is 5.91 Å². The zero-order valence-electron chi connectivity index (χ0n) is 13.7. The minimum atomic E-state index is -1.17. The Hall–Kier alpha value is -2.77. The number of carbonyl (C=O) groups is 2. The van der Waals surface area contributed by atoms with E-state index in [1.165, 1.54) is 36.6 Å². The van der Waals surface area contributed by atoms with Crippen molar-refractivity contribution in [1.82, 2.24) is 20.1 Å². The molecule has 0 aliphatic heterocycles. The molecular formula is C16H19FN4O3. The lowest BCUT2D eigenvalue weighted by Gasteiger charge is -2.27. The van der Waals surface area contributed by atoms with Crippen molar-refractivity contribution in [2.75, 3.05) is 7.11 Å². The second-order valence-corrected chi connectivity index (χ2v) is 5.53. The monoisotopic (exact) mass is 334 g/mol. The van der Waals surface area contributed by atoms with Gasteiger partial charge in [-0.25, -0.2) is 18.9 Å². The second kappa shape index (κ2) is 7.20. The van der Waals surface area contributed by atoms with Crippen LogP contribution in [-0.4, -0.2) is 39.3 Å². The van der Waals surface area contributed by atoms with Gasteiger partial charge < -0.3 is 10.1 Å². The number of carbonyl (C=O) groups excluding carboxylic acids is 2. The van der Waals surface area contributed by atoms with Crippen LogP contribution in [0.1, 0.15) is 37.0 Å². The molecule has 2 rings (SSSR count). The molecule has 1 amide bonds. The third kappa shape index (κ3) is 3.58. The largest absolute Gasteiger partial charge is 0.467 e. The van der Waals surface area contributed by atoms with Crippen LogP contribution in [0.15, 0.2) is 30.9 Å². The molecule has 0 radical (unpaired) electrons. The molecule has 0 saturated heterocycles. The summed E-state index contributed by atoms with van der Waals surface area (Å²) in [5.74, 6) is -1.72. The molecule has 0 unspecified atom stereocenters. The molecule has 0 spiro atoms. The van der Waals surface area contributed by atoms with Gasteiger partial charge in [-0.3, -0.25) is 4.79 Å². The van der Waals surface area contributed by atoms with Crippen molar-refractivity contribution in [3.63, 3.8) is 0 Å². The molecule has 128 valence electrons. The van der Waals surface area contributed by atoms with E-state index < -0.39 is 23.2 Å². The Morgan fingerprint density at radius 2 is 2.17 bits per heavy atom. The highest BCUT2D eigenvalue weighted by molar-refractivity contribution is 5.98. The summed E-state index contributed by atoms with van der Waals surface area (Å²) in [7, 11) is 1.26. The van der Waals surface area contributed by atoms with Crippen molar-refractivity contribution < 1.29 is 18.7 Å². The normalized spacial score (nSPS) is 13.2. The third-order valence-corrected chi connectivity index (χ3v) is 3.65. The molecule has 1 atom stereocenters. The van der Waals surface area contributed by atoms with Crippen LogP contribution in [0.3, 0.4) is 0 Å². The van der Waals surface area contributed by atoms with E-state index in [-0.39, 0.29) is 11.3 Å². The summed E-state index contributed by atoms with van der Waals surface area (Å²) < 4.78 is 20.2. The van der Waals surface area contributed by atoms with E-state index in [1.54, 1.807) is 6.92 Å². The maximum Gasteiger partial charge on any atom is 0.331 e. The van der Waals surface area contributed by atoms with Crippen molar-refractivity contribution in [3.8, 4) is 5.69 Å². The van der Waals surface area contributed by atoms with Gasteiger partial charge in [-0.15, -0.1) is 0 Å². The number of rotatable bonds is 6. The van der Waals surface area contributed by atoms with E-state index >= 15 is 0 Å². The molecule has 0 saturated carbocycles. The van der Waals surface area contributed by atoms with E-state index in [4.69, 9.17) is 4.74 Å². The van der Waals surface area contributed by atoms with Gasteiger partial charge in [-0.1, -0.05) is 13.3 Å². The fourth-order valence-corrected chi connectivity index (χ4v) is 2.43. The van der Waals surface area contributed by atoms with Gasteiger partial charge in [0.1, 0.15) is 29.7 Å². The summed E-state index contributed by atoms with van der Waals surface area (Å²) in [6.45, 7) is 3.47. The second-order valence-electron chi connectivity index (χ2n) is 5.53. The van der Waals surface area contributed by atoms with Crippen molar-refractivity contribution in [1.29, 1.82) is 0 Å². The Balaban J connectivity index is 2.23. The van der Waals surface area contributed by atoms with Crippen LogP contribution in [-0.2, 0) is 9.53 Å². The van der Waals surface area contributed by atoms with Gasteiger partial charge in [0.2, 0.25) is 0 Å². The topological polar surface area (TPSA) is 86.1 Å². The van der Waals surface area contributed by atoms with Crippen molar-refractivity contribution >= 4 is 11.9 Å². The van der Waals surface area contributed by atoms with Crippen LogP contribution in [0.4, 0.5) is 4.39 Å². The van der Waals surface area contributed by atoms with Gasteiger partial charge in [0, 0.05) is 5.56 Å². The molecule has 0 aliphatic carbocycles. The molecule has 7 nitrogen and oxygen atoms in total. The fraction of sp³-hybridized carbons (Fsp3) is 0.375. The first-order valence-electron chi connectivity index (χ1n) is 7.46. The zero-order valence-corrected chi connectivity index (χ0v) is 13.7. The SMILES string of the molecule is CCC[C@@](C)(NC(=O)c1ccc(-n2cncn2)c(F)c1)C(=O)OC. The lowest BCUT2D eigenvalue weighted by molar-refractivity contribution is -0.147. The van der Waals surface area contributed by atoms with E-state index in [0.717, 1.165) is 6.07 Å². The summed E-state index contributed by atoms with van der Waals surface area (Å²) in [4.78, 5) is 28.1. The number of benzene rings is 1. The average molecular weight is 334 g/mol. The number of hydrogen-bond acceptors (Lipinski definition) is 5. The van der Waals surface area contributed by atoms with E-state index in [0.29, 0.717) is 12.8 Å².